The highest BCUT2D eigenvalue weighted by Gasteiger charge is 2.14. The SMILES string of the molecule is CN(Cc1ccccn1)C(=O)Cc1csc(-c2cc(Br)cs2)n1. The molecule has 3 rings (SSSR count). The first kappa shape index (κ1) is 16.3. The predicted molar refractivity (Wildman–Crippen MR) is 97.5 cm³/mol. The first-order valence-electron chi connectivity index (χ1n) is 6.94. The molecule has 118 valence electrons. The molecule has 4 nitrogen and oxygen atoms in total. The number of rotatable bonds is 5. The number of halogens is 1. The highest BCUT2D eigenvalue weighted by Crippen LogP contribution is 2.32. The number of hydrogen-bond acceptors (Lipinski definition) is 5. The van der Waals surface area contributed by atoms with Gasteiger partial charge in [-0.15, -0.1) is 22.7 Å². The lowest BCUT2D eigenvalue weighted by molar-refractivity contribution is -0.129. The van der Waals surface area contributed by atoms with E-state index in [0.29, 0.717) is 13.0 Å². The summed E-state index contributed by atoms with van der Waals surface area (Å²) in [5.41, 5.74) is 1.69. The van der Waals surface area contributed by atoms with Gasteiger partial charge in [0.1, 0.15) is 5.01 Å². The average Bonchev–Trinajstić information content (AvgIpc) is 3.17. The zero-order chi connectivity index (χ0) is 16.2. The van der Waals surface area contributed by atoms with Gasteiger partial charge in [-0.1, -0.05) is 6.07 Å². The van der Waals surface area contributed by atoms with Crippen LogP contribution in [0.2, 0.25) is 0 Å². The maximum absolute atomic E-state index is 12.3. The molecule has 3 heterocycles. The molecule has 0 aliphatic rings. The van der Waals surface area contributed by atoms with Gasteiger partial charge in [-0.25, -0.2) is 4.98 Å². The van der Waals surface area contributed by atoms with Crippen molar-refractivity contribution < 1.29 is 4.79 Å². The molecule has 0 spiro atoms. The van der Waals surface area contributed by atoms with Crippen LogP contribution < -0.4 is 0 Å². The summed E-state index contributed by atoms with van der Waals surface area (Å²) in [6.07, 6.45) is 2.05. The maximum atomic E-state index is 12.3. The van der Waals surface area contributed by atoms with E-state index in [0.717, 1.165) is 25.7 Å². The van der Waals surface area contributed by atoms with Crippen LogP contribution in [0.25, 0.3) is 9.88 Å². The van der Waals surface area contributed by atoms with E-state index in [4.69, 9.17) is 0 Å². The van der Waals surface area contributed by atoms with E-state index in [-0.39, 0.29) is 5.91 Å². The summed E-state index contributed by atoms with van der Waals surface area (Å²) < 4.78 is 1.06. The van der Waals surface area contributed by atoms with E-state index >= 15 is 0 Å². The van der Waals surface area contributed by atoms with Crippen LogP contribution in [0.3, 0.4) is 0 Å². The summed E-state index contributed by atoms with van der Waals surface area (Å²) >= 11 is 6.66. The van der Waals surface area contributed by atoms with Gasteiger partial charge in [-0.3, -0.25) is 9.78 Å². The van der Waals surface area contributed by atoms with E-state index < -0.39 is 0 Å². The zero-order valence-electron chi connectivity index (χ0n) is 12.4. The van der Waals surface area contributed by atoms with Gasteiger partial charge in [0.15, 0.2) is 0 Å². The Kier molecular flexibility index (Phi) is 5.20. The third kappa shape index (κ3) is 4.25. The number of likely N-dealkylation sites (N-methyl/N-ethyl adjacent to an activating group) is 1. The van der Waals surface area contributed by atoms with E-state index in [2.05, 4.69) is 25.9 Å². The molecule has 0 aromatic carbocycles. The van der Waals surface area contributed by atoms with Crippen LogP contribution in [0.5, 0.6) is 0 Å². The van der Waals surface area contributed by atoms with E-state index in [1.807, 2.05) is 35.0 Å². The summed E-state index contributed by atoms with van der Waals surface area (Å²) in [6.45, 7) is 0.508. The van der Waals surface area contributed by atoms with Crippen molar-refractivity contribution in [1.29, 1.82) is 0 Å². The van der Waals surface area contributed by atoms with Crippen LogP contribution in [0.15, 0.2) is 45.7 Å². The summed E-state index contributed by atoms with van der Waals surface area (Å²) in [5, 5.41) is 4.94. The normalized spacial score (nSPS) is 10.7. The van der Waals surface area contributed by atoms with E-state index in [9.17, 15) is 4.79 Å². The molecule has 0 N–H and O–H groups in total. The molecule has 0 saturated carbocycles. The Balaban J connectivity index is 1.63. The molecule has 0 aliphatic carbocycles. The van der Waals surface area contributed by atoms with Crippen LogP contribution >= 0.6 is 38.6 Å². The van der Waals surface area contributed by atoms with Crippen LogP contribution in [0, 0.1) is 0 Å². The van der Waals surface area contributed by atoms with Crippen molar-refractivity contribution in [2.24, 2.45) is 0 Å². The third-order valence-electron chi connectivity index (χ3n) is 3.21. The number of nitrogens with zero attached hydrogens (tertiary/aromatic N) is 3. The van der Waals surface area contributed by atoms with Crippen LogP contribution in [0.1, 0.15) is 11.4 Å². The lowest BCUT2D eigenvalue weighted by atomic mass is 10.3. The van der Waals surface area contributed by atoms with Crippen molar-refractivity contribution in [3.63, 3.8) is 0 Å². The monoisotopic (exact) mass is 407 g/mol. The van der Waals surface area contributed by atoms with Crippen molar-refractivity contribution in [2.45, 2.75) is 13.0 Å². The summed E-state index contributed by atoms with van der Waals surface area (Å²) in [5.74, 6) is 0.0415. The molecular formula is C16H14BrN3OS2. The highest BCUT2D eigenvalue weighted by molar-refractivity contribution is 9.10. The molecule has 0 radical (unpaired) electrons. The van der Waals surface area contributed by atoms with Gasteiger partial charge in [-0.2, -0.15) is 0 Å². The Bertz CT molecular complexity index is 801. The standard InChI is InChI=1S/C16H14BrN3OS2/c1-20(8-12-4-2-3-5-18-12)15(21)7-13-10-23-16(19-13)14-6-11(17)9-22-14/h2-6,9-10H,7-8H2,1H3. The number of hydrogen-bond donors (Lipinski definition) is 0. The Labute approximate surface area is 151 Å². The van der Waals surface area contributed by atoms with Crippen molar-refractivity contribution in [3.8, 4) is 9.88 Å². The van der Waals surface area contributed by atoms with Crippen molar-refractivity contribution in [3.05, 3.63) is 57.1 Å². The average molecular weight is 408 g/mol. The molecule has 0 unspecified atom stereocenters. The molecule has 3 aromatic heterocycles. The number of amides is 1. The second-order valence-corrected chi connectivity index (χ2v) is 7.71. The maximum Gasteiger partial charge on any atom is 0.228 e. The molecule has 0 fully saturated rings. The Morgan fingerprint density at radius 2 is 2.13 bits per heavy atom. The predicted octanol–water partition coefficient (Wildman–Crippen LogP) is 4.23. The molecule has 3 aromatic rings. The number of thiazole rings is 1. The van der Waals surface area contributed by atoms with Crippen LogP contribution in [-0.2, 0) is 17.8 Å². The summed E-state index contributed by atoms with van der Waals surface area (Å²) in [6, 6.07) is 7.75. The number of carbonyl (C=O) groups is 1. The van der Waals surface area contributed by atoms with E-state index in [1.54, 1.807) is 40.8 Å². The van der Waals surface area contributed by atoms with Gasteiger partial charge >= 0.3 is 0 Å². The smallest absolute Gasteiger partial charge is 0.228 e. The Morgan fingerprint density at radius 1 is 1.26 bits per heavy atom. The number of carbonyl (C=O) groups excluding carboxylic acids is 1. The lowest BCUT2D eigenvalue weighted by Gasteiger charge is -2.15. The largest absolute Gasteiger partial charge is 0.340 e. The van der Waals surface area contributed by atoms with Gasteiger partial charge in [-0.05, 0) is 34.1 Å². The molecule has 0 bridgehead atoms. The second kappa shape index (κ2) is 7.33. The molecule has 0 atom stereocenters. The topological polar surface area (TPSA) is 46.1 Å². The van der Waals surface area contributed by atoms with Gasteiger partial charge in [0.25, 0.3) is 0 Å². The molecule has 7 heteroatoms. The number of pyridine rings is 1. The third-order valence-corrected chi connectivity index (χ3v) is 5.96. The molecule has 23 heavy (non-hydrogen) atoms. The van der Waals surface area contributed by atoms with Gasteiger partial charge in [0.05, 0.1) is 29.2 Å². The van der Waals surface area contributed by atoms with Crippen molar-refractivity contribution >= 4 is 44.5 Å². The molecule has 1 amide bonds. The van der Waals surface area contributed by atoms with Gasteiger partial charge in [0, 0.05) is 28.5 Å². The van der Waals surface area contributed by atoms with Crippen molar-refractivity contribution in [2.75, 3.05) is 7.05 Å². The van der Waals surface area contributed by atoms with Crippen LogP contribution in [-0.4, -0.2) is 27.8 Å². The highest BCUT2D eigenvalue weighted by atomic mass is 79.9. The molecule has 0 aliphatic heterocycles. The molecular weight excluding hydrogens is 394 g/mol. The summed E-state index contributed by atoms with van der Waals surface area (Å²) in [7, 11) is 1.79. The minimum atomic E-state index is 0.0415. The lowest BCUT2D eigenvalue weighted by Crippen LogP contribution is -2.28. The number of aromatic nitrogens is 2. The minimum Gasteiger partial charge on any atom is -0.340 e. The Morgan fingerprint density at radius 3 is 2.83 bits per heavy atom. The van der Waals surface area contributed by atoms with Gasteiger partial charge in [0.2, 0.25) is 5.91 Å². The first-order valence-corrected chi connectivity index (χ1v) is 9.50. The zero-order valence-corrected chi connectivity index (χ0v) is 15.6. The minimum absolute atomic E-state index is 0.0415. The molecule has 0 saturated heterocycles. The first-order chi connectivity index (χ1) is 11.1. The van der Waals surface area contributed by atoms with Crippen LogP contribution in [0.4, 0.5) is 0 Å². The van der Waals surface area contributed by atoms with Gasteiger partial charge < -0.3 is 4.90 Å². The quantitative estimate of drug-likeness (QED) is 0.635. The Hall–Kier alpha value is -1.57. The fourth-order valence-electron chi connectivity index (χ4n) is 2.04. The second-order valence-electron chi connectivity index (χ2n) is 5.02. The fourth-order valence-corrected chi connectivity index (χ4v) is 4.37. The summed E-state index contributed by atoms with van der Waals surface area (Å²) in [4.78, 5) is 23.9. The van der Waals surface area contributed by atoms with E-state index in [1.165, 1.54) is 0 Å². The number of thiophene rings is 1. The fraction of sp³-hybridized carbons (Fsp3) is 0.188. The van der Waals surface area contributed by atoms with Crippen molar-refractivity contribution in [1.82, 2.24) is 14.9 Å².